The van der Waals surface area contributed by atoms with Crippen molar-refractivity contribution in [3.05, 3.63) is 18.6 Å². The molecule has 3 aliphatic rings. The fraction of sp³-hybridized carbons (Fsp3) is 0.529. The van der Waals surface area contributed by atoms with Crippen molar-refractivity contribution in [2.24, 2.45) is 5.41 Å². The molecular formula is C17H18N6O. The van der Waals surface area contributed by atoms with E-state index in [1.807, 2.05) is 17.2 Å². The number of hydrogen-bond acceptors (Lipinski definition) is 5. The molecule has 0 unspecified atom stereocenters. The van der Waals surface area contributed by atoms with Crippen LogP contribution in [-0.4, -0.2) is 50.9 Å². The van der Waals surface area contributed by atoms with E-state index in [9.17, 15) is 10.1 Å². The number of aromatic nitrogens is 3. The van der Waals surface area contributed by atoms with Gasteiger partial charge in [-0.25, -0.2) is 9.97 Å². The van der Waals surface area contributed by atoms with E-state index in [1.54, 1.807) is 6.33 Å². The van der Waals surface area contributed by atoms with Crippen LogP contribution in [0.3, 0.4) is 0 Å². The molecule has 1 aliphatic heterocycles. The number of amides is 1. The highest BCUT2D eigenvalue weighted by atomic mass is 16.2. The van der Waals surface area contributed by atoms with Crippen molar-refractivity contribution in [3.63, 3.8) is 0 Å². The molecule has 1 N–H and O–H groups in total. The topological polar surface area (TPSA) is 88.9 Å². The summed E-state index contributed by atoms with van der Waals surface area (Å²) >= 11 is 0. The summed E-state index contributed by atoms with van der Waals surface area (Å²) < 4.78 is 0. The number of nitrogens with one attached hydrogen (secondary N) is 1. The van der Waals surface area contributed by atoms with Gasteiger partial charge in [-0.15, -0.1) is 0 Å². The van der Waals surface area contributed by atoms with E-state index in [2.05, 4.69) is 25.9 Å². The highest BCUT2D eigenvalue weighted by Crippen LogP contribution is 2.52. The largest absolute Gasteiger partial charge is 0.352 e. The second-order valence-corrected chi connectivity index (χ2v) is 7.23. The van der Waals surface area contributed by atoms with E-state index in [0.29, 0.717) is 19.4 Å². The molecule has 3 heterocycles. The molecule has 24 heavy (non-hydrogen) atoms. The van der Waals surface area contributed by atoms with Gasteiger partial charge in [-0.3, -0.25) is 4.79 Å². The summed E-state index contributed by atoms with van der Waals surface area (Å²) in [4.78, 5) is 28.9. The Morgan fingerprint density at radius 2 is 2.08 bits per heavy atom. The molecule has 2 aromatic heterocycles. The van der Waals surface area contributed by atoms with Crippen LogP contribution < -0.4 is 4.90 Å². The molecule has 2 aliphatic carbocycles. The molecule has 7 heteroatoms. The average molecular weight is 322 g/mol. The monoisotopic (exact) mass is 322 g/mol. The summed E-state index contributed by atoms with van der Waals surface area (Å²) in [7, 11) is 0. The zero-order chi connectivity index (χ0) is 16.4. The Kier molecular flexibility index (Phi) is 2.57. The normalized spacial score (nSPS) is 23.3. The lowest BCUT2D eigenvalue weighted by Crippen LogP contribution is -2.58. The van der Waals surface area contributed by atoms with Crippen molar-refractivity contribution in [1.29, 1.82) is 5.26 Å². The molecule has 2 saturated carbocycles. The molecule has 7 nitrogen and oxygen atoms in total. The van der Waals surface area contributed by atoms with E-state index in [4.69, 9.17) is 0 Å². The Balaban J connectivity index is 1.44. The Labute approximate surface area is 139 Å². The standard InChI is InChI=1S/C17H18N6O/c18-9-16(2-3-16)15(24)23-8-7-22(10-17(23)4-5-17)14-12-1-6-19-13(12)20-11-21-14/h1,6,11H,2-5,7-8,10H2,(H,19,20,21). The number of anilines is 1. The number of rotatable bonds is 2. The smallest absolute Gasteiger partial charge is 0.243 e. The van der Waals surface area contributed by atoms with Gasteiger partial charge in [0.15, 0.2) is 0 Å². The van der Waals surface area contributed by atoms with Gasteiger partial charge in [0, 0.05) is 25.8 Å². The van der Waals surface area contributed by atoms with Crippen molar-refractivity contribution < 1.29 is 4.79 Å². The minimum atomic E-state index is -0.722. The summed E-state index contributed by atoms with van der Waals surface area (Å²) in [5.74, 6) is 0.984. The first-order chi connectivity index (χ1) is 11.7. The van der Waals surface area contributed by atoms with Gasteiger partial charge in [-0.2, -0.15) is 5.26 Å². The number of aromatic amines is 1. The second-order valence-electron chi connectivity index (χ2n) is 7.23. The molecular weight excluding hydrogens is 304 g/mol. The lowest BCUT2D eigenvalue weighted by atomic mass is 10.0. The van der Waals surface area contributed by atoms with Crippen LogP contribution in [0.25, 0.3) is 11.0 Å². The van der Waals surface area contributed by atoms with Crippen molar-refractivity contribution >= 4 is 22.8 Å². The maximum Gasteiger partial charge on any atom is 0.243 e. The Hall–Kier alpha value is -2.62. The van der Waals surface area contributed by atoms with Crippen molar-refractivity contribution in [1.82, 2.24) is 19.9 Å². The number of carbonyl (C=O) groups excluding carboxylic acids is 1. The number of piperazine rings is 1. The fourth-order valence-corrected chi connectivity index (χ4v) is 3.92. The summed E-state index contributed by atoms with van der Waals surface area (Å²) in [6, 6.07) is 4.25. The number of hydrogen-bond donors (Lipinski definition) is 1. The summed E-state index contributed by atoms with van der Waals surface area (Å²) in [6.07, 6.45) is 6.92. The van der Waals surface area contributed by atoms with Crippen LogP contribution in [0.2, 0.25) is 0 Å². The predicted molar refractivity (Wildman–Crippen MR) is 87.1 cm³/mol. The first-order valence-electron chi connectivity index (χ1n) is 8.44. The predicted octanol–water partition coefficient (Wildman–Crippen LogP) is 1.44. The molecule has 1 amide bonds. The van der Waals surface area contributed by atoms with Gasteiger partial charge >= 0.3 is 0 Å². The van der Waals surface area contributed by atoms with E-state index in [1.165, 1.54) is 0 Å². The van der Waals surface area contributed by atoms with Gasteiger partial charge < -0.3 is 14.8 Å². The third-order valence-corrected chi connectivity index (χ3v) is 5.73. The Morgan fingerprint density at radius 1 is 1.25 bits per heavy atom. The Bertz CT molecular complexity index is 873. The quantitative estimate of drug-likeness (QED) is 0.904. The van der Waals surface area contributed by atoms with Gasteiger partial charge in [0.2, 0.25) is 5.91 Å². The van der Waals surface area contributed by atoms with Crippen molar-refractivity contribution in [2.75, 3.05) is 24.5 Å². The SMILES string of the molecule is N#CC1(C(=O)N2CCN(c3ncnc4[nH]ccc34)CC23CC3)CC1. The van der Waals surface area contributed by atoms with Crippen molar-refractivity contribution in [2.45, 2.75) is 31.2 Å². The highest BCUT2D eigenvalue weighted by Gasteiger charge is 2.60. The molecule has 3 fully saturated rings. The number of H-pyrrole nitrogens is 1. The number of fused-ring (bicyclic) bond motifs is 1. The minimum absolute atomic E-state index is 0.0524. The molecule has 0 radical (unpaired) electrons. The van der Waals surface area contributed by atoms with Crippen LogP contribution in [-0.2, 0) is 4.79 Å². The van der Waals surface area contributed by atoms with Gasteiger partial charge in [-0.05, 0) is 31.7 Å². The molecule has 1 saturated heterocycles. The molecule has 122 valence electrons. The van der Waals surface area contributed by atoms with Crippen molar-refractivity contribution in [3.8, 4) is 6.07 Å². The molecule has 5 rings (SSSR count). The third kappa shape index (κ3) is 1.80. The van der Waals surface area contributed by atoms with E-state index in [0.717, 1.165) is 42.8 Å². The lowest BCUT2D eigenvalue weighted by molar-refractivity contribution is -0.138. The summed E-state index contributed by atoms with van der Waals surface area (Å²) in [5.41, 5.74) is 0.0143. The lowest BCUT2D eigenvalue weighted by Gasteiger charge is -2.43. The van der Waals surface area contributed by atoms with E-state index < -0.39 is 5.41 Å². The molecule has 0 atom stereocenters. The van der Waals surface area contributed by atoms with Crippen LogP contribution in [0.1, 0.15) is 25.7 Å². The summed E-state index contributed by atoms with van der Waals surface area (Å²) in [6.45, 7) is 2.20. The number of carbonyl (C=O) groups is 1. The molecule has 1 spiro atoms. The van der Waals surface area contributed by atoms with Crippen LogP contribution in [0.5, 0.6) is 0 Å². The molecule has 0 bridgehead atoms. The second kappa shape index (κ2) is 4.47. The van der Waals surface area contributed by atoms with Gasteiger partial charge in [0.1, 0.15) is 23.2 Å². The van der Waals surface area contributed by atoms with Gasteiger partial charge in [-0.1, -0.05) is 0 Å². The van der Waals surface area contributed by atoms with Crippen LogP contribution in [0.15, 0.2) is 18.6 Å². The van der Waals surface area contributed by atoms with Crippen LogP contribution >= 0.6 is 0 Å². The fourth-order valence-electron chi connectivity index (χ4n) is 3.92. The molecule has 2 aromatic rings. The summed E-state index contributed by atoms with van der Waals surface area (Å²) in [5, 5.41) is 10.4. The van der Waals surface area contributed by atoms with E-state index >= 15 is 0 Å². The first-order valence-corrected chi connectivity index (χ1v) is 8.44. The molecule has 0 aromatic carbocycles. The van der Waals surface area contributed by atoms with E-state index in [-0.39, 0.29) is 11.4 Å². The maximum atomic E-state index is 12.8. The highest BCUT2D eigenvalue weighted by molar-refractivity contribution is 5.90. The maximum absolute atomic E-state index is 12.8. The zero-order valence-corrected chi connectivity index (χ0v) is 13.3. The van der Waals surface area contributed by atoms with Crippen LogP contribution in [0, 0.1) is 16.7 Å². The average Bonchev–Trinajstić information content (AvgIpc) is 3.52. The third-order valence-electron chi connectivity index (χ3n) is 5.73. The number of nitriles is 1. The zero-order valence-electron chi connectivity index (χ0n) is 13.3. The number of nitrogens with zero attached hydrogens (tertiary/aromatic N) is 5. The van der Waals surface area contributed by atoms with Gasteiger partial charge in [0.05, 0.1) is 17.0 Å². The minimum Gasteiger partial charge on any atom is -0.352 e. The Morgan fingerprint density at radius 3 is 2.79 bits per heavy atom. The van der Waals surface area contributed by atoms with Crippen LogP contribution in [0.4, 0.5) is 5.82 Å². The first kappa shape index (κ1) is 13.8. The van der Waals surface area contributed by atoms with Gasteiger partial charge in [0.25, 0.3) is 0 Å².